The maximum absolute atomic E-state index is 10.6. The van der Waals surface area contributed by atoms with Crippen LogP contribution in [-0.2, 0) is 10.6 Å². The number of hydrogen-bond donors (Lipinski definition) is 0. The summed E-state index contributed by atoms with van der Waals surface area (Å²) < 4.78 is 5.12. The zero-order valence-electron chi connectivity index (χ0n) is 6.90. The smallest absolute Gasteiger partial charge is 0.150 e. The van der Waals surface area contributed by atoms with E-state index in [4.69, 9.17) is 4.18 Å². The Morgan fingerprint density at radius 3 is 2.92 bits per heavy atom. The Morgan fingerprint density at radius 1 is 1.46 bits per heavy atom. The molecule has 0 radical (unpaired) electrons. The fourth-order valence-electron chi connectivity index (χ4n) is 1.06. The van der Waals surface area contributed by atoms with Crippen LogP contribution in [0.5, 0.6) is 0 Å². The molecule has 1 aromatic rings. The number of carbonyl (C=O) groups excluding carboxylic acids is 1. The molecule has 1 aromatic carbocycles. The van der Waals surface area contributed by atoms with Crippen molar-refractivity contribution in [2.45, 2.75) is 6.42 Å². The molecule has 70 valence electrons. The van der Waals surface area contributed by atoms with Gasteiger partial charge in [-0.1, -0.05) is 24.3 Å². The topological polar surface area (TPSA) is 26.3 Å². The van der Waals surface area contributed by atoms with Crippen molar-refractivity contribution in [3.8, 4) is 0 Å². The molecule has 0 aliphatic carbocycles. The number of carbonyl (C=O) groups is 1. The summed E-state index contributed by atoms with van der Waals surface area (Å²) in [7, 11) is 1.32. The van der Waals surface area contributed by atoms with Gasteiger partial charge in [0.05, 0.1) is 15.8 Å². The minimum atomic E-state index is 0.637. The third-order valence-electron chi connectivity index (χ3n) is 1.68. The second-order valence-electron chi connectivity index (χ2n) is 2.45. The molecule has 2 nitrogen and oxygen atoms in total. The highest BCUT2D eigenvalue weighted by atomic mass is 127. The van der Waals surface area contributed by atoms with Crippen LogP contribution >= 0.6 is 30.4 Å². The number of hydrogen-bond acceptors (Lipinski definition) is 3. The van der Waals surface area contributed by atoms with Crippen molar-refractivity contribution in [2.75, 3.05) is 6.61 Å². The van der Waals surface area contributed by atoms with Gasteiger partial charge >= 0.3 is 0 Å². The third-order valence-corrected chi connectivity index (χ3v) is 2.70. The fraction of sp³-hybridized carbons (Fsp3) is 0.222. The molecule has 13 heavy (non-hydrogen) atoms. The van der Waals surface area contributed by atoms with Gasteiger partial charge in [0.1, 0.15) is 6.29 Å². The molecule has 0 N–H and O–H groups in total. The van der Waals surface area contributed by atoms with E-state index in [1.165, 1.54) is 9.21 Å². The maximum atomic E-state index is 10.6. The monoisotopic (exact) mass is 308 g/mol. The first kappa shape index (κ1) is 11.0. The van der Waals surface area contributed by atoms with E-state index in [1.807, 2.05) is 24.3 Å². The maximum Gasteiger partial charge on any atom is 0.150 e. The van der Waals surface area contributed by atoms with Crippen molar-refractivity contribution in [1.82, 2.24) is 0 Å². The Balaban J connectivity index is 2.59. The SMILES string of the molecule is O=Cc1ccccc1CCOSI. The van der Waals surface area contributed by atoms with E-state index in [0.29, 0.717) is 6.61 Å². The first-order chi connectivity index (χ1) is 6.38. The summed E-state index contributed by atoms with van der Waals surface area (Å²) in [5.41, 5.74) is 1.80. The van der Waals surface area contributed by atoms with Gasteiger partial charge in [-0.3, -0.25) is 4.79 Å². The summed E-state index contributed by atoms with van der Waals surface area (Å²) in [5.74, 6) is 0. The molecule has 0 bridgehead atoms. The molecule has 0 atom stereocenters. The van der Waals surface area contributed by atoms with Gasteiger partial charge < -0.3 is 4.18 Å². The van der Waals surface area contributed by atoms with Crippen LogP contribution in [0.2, 0.25) is 0 Å². The van der Waals surface area contributed by atoms with Crippen LogP contribution in [0.3, 0.4) is 0 Å². The molecule has 0 fully saturated rings. The zero-order valence-corrected chi connectivity index (χ0v) is 9.88. The third kappa shape index (κ3) is 3.66. The van der Waals surface area contributed by atoms with Crippen LogP contribution < -0.4 is 0 Å². The summed E-state index contributed by atoms with van der Waals surface area (Å²) in [6.07, 6.45) is 1.66. The average Bonchev–Trinajstić information content (AvgIpc) is 2.19. The van der Waals surface area contributed by atoms with Crippen molar-refractivity contribution in [3.63, 3.8) is 0 Å². The average molecular weight is 308 g/mol. The molecule has 4 heteroatoms. The van der Waals surface area contributed by atoms with E-state index >= 15 is 0 Å². The lowest BCUT2D eigenvalue weighted by atomic mass is 10.1. The van der Waals surface area contributed by atoms with Gasteiger partial charge in [-0.05, 0) is 12.0 Å². The summed E-state index contributed by atoms with van der Waals surface area (Å²) in [6, 6.07) is 7.56. The second kappa shape index (κ2) is 6.39. The molecule has 0 saturated heterocycles. The van der Waals surface area contributed by atoms with E-state index in [9.17, 15) is 4.79 Å². The Labute approximate surface area is 93.8 Å². The van der Waals surface area contributed by atoms with Crippen molar-refractivity contribution in [3.05, 3.63) is 35.4 Å². The van der Waals surface area contributed by atoms with E-state index in [1.54, 1.807) is 0 Å². The highest BCUT2D eigenvalue weighted by Crippen LogP contribution is 2.14. The standard InChI is InChI=1S/C9H9IO2S/c10-13-12-6-5-8-3-1-2-4-9(8)7-11/h1-4,7H,5-6H2. The number of rotatable bonds is 5. The van der Waals surface area contributed by atoms with Crippen molar-refractivity contribution >= 4 is 36.7 Å². The van der Waals surface area contributed by atoms with Gasteiger partial charge in [-0.2, -0.15) is 0 Å². The van der Waals surface area contributed by atoms with Gasteiger partial charge in [-0.25, -0.2) is 0 Å². The van der Waals surface area contributed by atoms with Crippen LogP contribution in [0, 0.1) is 0 Å². The van der Waals surface area contributed by atoms with Crippen LogP contribution in [0.1, 0.15) is 15.9 Å². The van der Waals surface area contributed by atoms with Gasteiger partial charge in [0, 0.05) is 26.8 Å². The molecule has 0 amide bonds. The van der Waals surface area contributed by atoms with Gasteiger partial charge in [0.25, 0.3) is 0 Å². The predicted octanol–water partition coefficient (Wildman–Crippen LogP) is 3.06. The largest absolute Gasteiger partial charge is 0.305 e. The second-order valence-corrected chi connectivity index (χ2v) is 3.89. The van der Waals surface area contributed by atoms with Gasteiger partial charge in [0.2, 0.25) is 0 Å². The van der Waals surface area contributed by atoms with Crippen LogP contribution in [0.15, 0.2) is 24.3 Å². The molecule has 0 unspecified atom stereocenters. The number of halogens is 1. The molecule has 0 spiro atoms. The van der Waals surface area contributed by atoms with Gasteiger partial charge in [0.15, 0.2) is 0 Å². The normalized spacial score (nSPS) is 9.92. The van der Waals surface area contributed by atoms with Crippen LogP contribution in [0.25, 0.3) is 0 Å². The Bertz CT molecular complexity index is 278. The first-order valence-electron chi connectivity index (χ1n) is 3.81. The van der Waals surface area contributed by atoms with E-state index in [0.717, 1.165) is 23.8 Å². The molecule has 0 aliphatic heterocycles. The van der Waals surface area contributed by atoms with Crippen LogP contribution in [-0.4, -0.2) is 12.9 Å². The van der Waals surface area contributed by atoms with Crippen LogP contribution in [0.4, 0.5) is 0 Å². The molecule has 0 aromatic heterocycles. The molecular formula is C9H9IO2S. The Hall–Kier alpha value is -0.0700. The Kier molecular flexibility index (Phi) is 5.41. The summed E-state index contributed by atoms with van der Waals surface area (Å²) in [6.45, 7) is 0.637. The molecule has 1 rings (SSSR count). The molecule has 0 aliphatic rings. The van der Waals surface area contributed by atoms with Crippen molar-refractivity contribution in [2.24, 2.45) is 0 Å². The minimum absolute atomic E-state index is 0.637. The summed E-state index contributed by atoms with van der Waals surface area (Å²) in [4.78, 5) is 10.6. The predicted molar refractivity (Wildman–Crippen MR) is 63.1 cm³/mol. The quantitative estimate of drug-likeness (QED) is 0.362. The lowest BCUT2D eigenvalue weighted by Crippen LogP contribution is -1.96. The molecular weight excluding hydrogens is 299 g/mol. The summed E-state index contributed by atoms with van der Waals surface area (Å²) >= 11 is 2.07. The number of aldehydes is 1. The Morgan fingerprint density at radius 2 is 2.23 bits per heavy atom. The lowest BCUT2D eigenvalue weighted by Gasteiger charge is -2.02. The molecule has 0 heterocycles. The highest BCUT2D eigenvalue weighted by Gasteiger charge is 1.99. The van der Waals surface area contributed by atoms with E-state index in [2.05, 4.69) is 21.2 Å². The number of benzene rings is 1. The minimum Gasteiger partial charge on any atom is -0.305 e. The van der Waals surface area contributed by atoms with Gasteiger partial charge in [-0.15, -0.1) is 0 Å². The zero-order chi connectivity index (χ0) is 9.52. The van der Waals surface area contributed by atoms with E-state index < -0.39 is 0 Å². The first-order valence-corrected chi connectivity index (χ1v) is 7.10. The summed E-state index contributed by atoms with van der Waals surface area (Å²) in [5, 5.41) is 0. The lowest BCUT2D eigenvalue weighted by molar-refractivity contribution is 0.112. The van der Waals surface area contributed by atoms with Crippen molar-refractivity contribution < 1.29 is 8.98 Å². The van der Waals surface area contributed by atoms with E-state index in [-0.39, 0.29) is 0 Å². The fourth-order valence-corrected chi connectivity index (χ4v) is 1.75. The van der Waals surface area contributed by atoms with Crippen molar-refractivity contribution in [1.29, 1.82) is 0 Å². The highest BCUT2D eigenvalue weighted by molar-refractivity contribution is 14.2. The molecule has 0 saturated carbocycles.